The molecule has 56 valence electrons. The highest BCUT2D eigenvalue weighted by molar-refractivity contribution is 7.80. The molecule has 0 aromatic rings. The Hall–Kier alpha value is 0.270. The van der Waals surface area contributed by atoms with Crippen LogP contribution in [0.4, 0.5) is 0 Å². The molecule has 3 heteroatoms. The Kier molecular flexibility index (Phi) is 6.58. The molecule has 0 radical (unpaired) electrons. The minimum absolute atomic E-state index is 0.194. The van der Waals surface area contributed by atoms with Gasteiger partial charge in [-0.2, -0.15) is 12.6 Å². The third-order valence-corrected chi connectivity index (χ3v) is 1.67. The number of thiol groups is 1. The van der Waals surface area contributed by atoms with Gasteiger partial charge in [0.1, 0.15) is 0 Å². The molecule has 0 spiro atoms. The van der Waals surface area contributed by atoms with Gasteiger partial charge in [-0.05, 0) is 19.3 Å². The van der Waals surface area contributed by atoms with E-state index in [1.54, 1.807) is 0 Å². The van der Waals surface area contributed by atoms with Gasteiger partial charge >= 0.3 is 0 Å². The van der Waals surface area contributed by atoms with Crippen LogP contribution in [0.25, 0.3) is 0 Å². The zero-order chi connectivity index (χ0) is 7.11. The summed E-state index contributed by atoms with van der Waals surface area (Å²) in [6.07, 6.45) is 2.40. The quantitative estimate of drug-likeness (QED) is 0.498. The van der Waals surface area contributed by atoms with E-state index >= 15 is 0 Å². The van der Waals surface area contributed by atoms with Crippen molar-refractivity contribution >= 4 is 12.6 Å². The highest BCUT2D eigenvalue weighted by Gasteiger charge is 1.99. The predicted molar refractivity (Wildman–Crippen MR) is 40.8 cm³/mol. The van der Waals surface area contributed by atoms with E-state index in [0.717, 1.165) is 19.3 Å². The topological polar surface area (TPSA) is 40.5 Å². The van der Waals surface area contributed by atoms with E-state index in [2.05, 4.69) is 12.6 Å². The summed E-state index contributed by atoms with van der Waals surface area (Å²) in [7, 11) is 0. The molecular formula is C6H14O2S. The molecule has 1 atom stereocenters. The molecule has 2 nitrogen and oxygen atoms in total. The molecule has 0 aliphatic heterocycles. The standard InChI is InChI=1S/C6H14O2S/c7-4-1-2-6(9)3-5-8/h6-9H,1-5H2. The van der Waals surface area contributed by atoms with E-state index in [1.165, 1.54) is 0 Å². The van der Waals surface area contributed by atoms with Gasteiger partial charge in [0.15, 0.2) is 0 Å². The fourth-order valence-corrected chi connectivity index (χ4v) is 0.918. The van der Waals surface area contributed by atoms with E-state index < -0.39 is 0 Å². The molecule has 0 saturated heterocycles. The van der Waals surface area contributed by atoms with E-state index in [1.807, 2.05) is 0 Å². The van der Waals surface area contributed by atoms with E-state index in [0.29, 0.717) is 0 Å². The average Bonchev–Trinajstić information content (AvgIpc) is 1.85. The third kappa shape index (κ3) is 6.15. The molecular weight excluding hydrogens is 136 g/mol. The van der Waals surface area contributed by atoms with Crippen molar-refractivity contribution < 1.29 is 10.2 Å². The van der Waals surface area contributed by atoms with Crippen LogP contribution in [0.3, 0.4) is 0 Å². The first kappa shape index (κ1) is 9.27. The summed E-state index contributed by atoms with van der Waals surface area (Å²) in [6.45, 7) is 0.419. The minimum atomic E-state index is 0.194. The number of hydrogen-bond acceptors (Lipinski definition) is 3. The third-order valence-electron chi connectivity index (χ3n) is 1.16. The van der Waals surface area contributed by atoms with Gasteiger partial charge in [0.2, 0.25) is 0 Å². The molecule has 0 aromatic heterocycles. The normalized spacial score (nSPS) is 13.7. The molecule has 0 heterocycles. The van der Waals surface area contributed by atoms with Crippen molar-refractivity contribution in [1.29, 1.82) is 0 Å². The summed E-state index contributed by atoms with van der Waals surface area (Å²) in [5.41, 5.74) is 0. The Bertz CT molecular complexity index is 59.0. The van der Waals surface area contributed by atoms with Crippen molar-refractivity contribution in [2.24, 2.45) is 0 Å². The molecule has 1 unspecified atom stereocenters. The molecule has 0 amide bonds. The molecule has 0 saturated carbocycles. The van der Waals surface area contributed by atoms with Gasteiger partial charge in [-0.1, -0.05) is 0 Å². The van der Waals surface area contributed by atoms with E-state index in [-0.39, 0.29) is 18.5 Å². The van der Waals surface area contributed by atoms with Crippen LogP contribution in [-0.4, -0.2) is 28.7 Å². The lowest BCUT2D eigenvalue weighted by molar-refractivity contribution is 0.268. The van der Waals surface area contributed by atoms with Crippen LogP contribution in [0.2, 0.25) is 0 Å². The van der Waals surface area contributed by atoms with Crippen molar-refractivity contribution in [3.63, 3.8) is 0 Å². The van der Waals surface area contributed by atoms with Crippen LogP contribution in [-0.2, 0) is 0 Å². The lowest BCUT2D eigenvalue weighted by atomic mass is 10.2. The first-order valence-electron chi connectivity index (χ1n) is 3.21. The summed E-state index contributed by atoms with van der Waals surface area (Å²) in [6, 6.07) is 0. The maximum atomic E-state index is 8.42. The first-order valence-corrected chi connectivity index (χ1v) is 3.72. The van der Waals surface area contributed by atoms with Gasteiger partial charge in [-0.3, -0.25) is 0 Å². The number of rotatable bonds is 5. The van der Waals surface area contributed by atoms with Gasteiger partial charge in [-0.25, -0.2) is 0 Å². The molecule has 0 fully saturated rings. The van der Waals surface area contributed by atoms with Crippen molar-refractivity contribution in [3.05, 3.63) is 0 Å². The zero-order valence-corrected chi connectivity index (χ0v) is 6.35. The highest BCUT2D eigenvalue weighted by Crippen LogP contribution is 2.07. The largest absolute Gasteiger partial charge is 0.396 e. The Labute approximate surface area is 61.3 Å². The lowest BCUT2D eigenvalue weighted by Crippen LogP contribution is -2.02. The Morgan fingerprint density at radius 3 is 2.22 bits per heavy atom. The summed E-state index contributed by atoms with van der Waals surface area (Å²) in [5, 5.41) is 17.1. The maximum absolute atomic E-state index is 8.42. The van der Waals surface area contributed by atoms with Crippen LogP contribution in [0, 0.1) is 0 Å². The van der Waals surface area contributed by atoms with Crippen molar-refractivity contribution in [3.8, 4) is 0 Å². The van der Waals surface area contributed by atoms with Gasteiger partial charge < -0.3 is 10.2 Å². The van der Waals surface area contributed by atoms with Crippen LogP contribution >= 0.6 is 12.6 Å². The molecule has 0 rings (SSSR count). The van der Waals surface area contributed by atoms with Crippen LogP contribution in [0.1, 0.15) is 19.3 Å². The fourth-order valence-electron chi connectivity index (χ4n) is 0.620. The second-order valence-electron chi connectivity index (χ2n) is 2.03. The summed E-state index contributed by atoms with van der Waals surface area (Å²) in [4.78, 5) is 0. The Balaban J connectivity index is 2.95. The van der Waals surface area contributed by atoms with Gasteiger partial charge in [-0.15, -0.1) is 0 Å². The Morgan fingerprint density at radius 2 is 1.78 bits per heavy atom. The van der Waals surface area contributed by atoms with Crippen LogP contribution in [0.5, 0.6) is 0 Å². The number of aliphatic hydroxyl groups excluding tert-OH is 2. The molecule has 2 N–H and O–H groups in total. The zero-order valence-electron chi connectivity index (χ0n) is 5.45. The summed E-state index contributed by atoms with van der Waals surface area (Å²) in [5.74, 6) is 0. The second kappa shape index (κ2) is 6.39. The molecule has 0 aromatic carbocycles. The van der Waals surface area contributed by atoms with Crippen molar-refractivity contribution in [2.75, 3.05) is 13.2 Å². The SMILES string of the molecule is OCCCC(S)CCO. The minimum Gasteiger partial charge on any atom is -0.396 e. The predicted octanol–water partition coefficient (Wildman–Crippen LogP) is 0.440. The molecule has 0 bridgehead atoms. The number of aliphatic hydroxyl groups is 2. The number of hydrogen-bond donors (Lipinski definition) is 3. The first-order chi connectivity index (χ1) is 4.31. The molecule has 9 heavy (non-hydrogen) atoms. The monoisotopic (exact) mass is 150 g/mol. The van der Waals surface area contributed by atoms with Gasteiger partial charge in [0.25, 0.3) is 0 Å². The van der Waals surface area contributed by atoms with Crippen LogP contribution in [0.15, 0.2) is 0 Å². The van der Waals surface area contributed by atoms with Crippen molar-refractivity contribution in [1.82, 2.24) is 0 Å². The molecule has 0 aliphatic carbocycles. The van der Waals surface area contributed by atoms with E-state index in [4.69, 9.17) is 10.2 Å². The van der Waals surface area contributed by atoms with Crippen molar-refractivity contribution in [2.45, 2.75) is 24.5 Å². The van der Waals surface area contributed by atoms with Gasteiger partial charge in [0, 0.05) is 18.5 Å². The second-order valence-corrected chi connectivity index (χ2v) is 2.76. The van der Waals surface area contributed by atoms with E-state index in [9.17, 15) is 0 Å². The lowest BCUT2D eigenvalue weighted by Gasteiger charge is -2.05. The smallest absolute Gasteiger partial charge is 0.0441 e. The summed E-state index contributed by atoms with van der Waals surface area (Å²) < 4.78 is 0. The van der Waals surface area contributed by atoms with Gasteiger partial charge in [0.05, 0.1) is 0 Å². The van der Waals surface area contributed by atoms with Crippen LogP contribution < -0.4 is 0 Å². The fraction of sp³-hybridized carbons (Fsp3) is 1.00. The maximum Gasteiger partial charge on any atom is 0.0441 e. The highest BCUT2D eigenvalue weighted by atomic mass is 32.1. The average molecular weight is 150 g/mol. The summed E-state index contributed by atoms with van der Waals surface area (Å²) >= 11 is 4.17. The molecule has 0 aliphatic rings. The Morgan fingerprint density at radius 1 is 1.11 bits per heavy atom.